The quantitative estimate of drug-likeness (QED) is 0.381. The number of hydrogen-bond acceptors (Lipinski definition) is 3. The molecule has 28 heavy (non-hydrogen) atoms. The highest BCUT2D eigenvalue weighted by molar-refractivity contribution is 14.1. The minimum Gasteiger partial charge on any atom is -0.495 e. The molecule has 0 saturated heterocycles. The SMILES string of the molecule is COc1ccc(C(=O)Nc2ccc(-c3ccccc3)cc2)cc1NC(=O)CI. The number of halogens is 1. The van der Waals surface area contributed by atoms with Crippen molar-refractivity contribution in [3.8, 4) is 16.9 Å². The molecule has 6 heteroatoms. The summed E-state index contributed by atoms with van der Waals surface area (Å²) in [6.45, 7) is 0. The summed E-state index contributed by atoms with van der Waals surface area (Å²) in [4.78, 5) is 24.3. The number of benzene rings is 3. The first-order valence-electron chi connectivity index (χ1n) is 8.61. The molecule has 0 aromatic heterocycles. The number of anilines is 2. The molecule has 0 aliphatic heterocycles. The van der Waals surface area contributed by atoms with Gasteiger partial charge in [-0.25, -0.2) is 0 Å². The smallest absolute Gasteiger partial charge is 0.255 e. The van der Waals surface area contributed by atoms with E-state index in [1.54, 1.807) is 18.2 Å². The van der Waals surface area contributed by atoms with Gasteiger partial charge in [0.25, 0.3) is 5.91 Å². The topological polar surface area (TPSA) is 67.4 Å². The van der Waals surface area contributed by atoms with E-state index in [1.807, 2.05) is 77.2 Å². The van der Waals surface area contributed by atoms with Crippen molar-refractivity contribution < 1.29 is 14.3 Å². The van der Waals surface area contributed by atoms with Crippen LogP contribution in [0.1, 0.15) is 10.4 Å². The van der Waals surface area contributed by atoms with E-state index < -0.39 is 0 Å². The Balaban J connectivity index is 1.75. The van der Waals surface area contributed by atoms with Crippen molar-refractivity contribution in [2.24, 2.45) is 0 Å². The second-order valence-corrected chi connectivity index (χ2v) is 6.76. The van der Waals surface area contributed by atoms with Crippen molar-refractivity contribution in [3.05, 3.63) is 78.4 Å². The molecule has 142 valence electrons. The summed E-state index contributed by atoms with van der Waals surface area (Å²) in [6, 6.07) is 22.6. The van der Waals surface area contributed by atoms with Crippen molar-refractivity contribution in [2.75, 3.05) is 22.2 Å². The van der Waals surface area contributed by atoms with Crippen LogP contribution >= 0.6 is 22.6 Å². The highest BCUT2D eigenvalue weighted by atomic mass is 127. The van der Waals surface area contributed by atoms with Gasteiger partial charge in [-0.05, 0) is 41.5 Å². The van der Waals surface area contributed by atoms with Crippen LogP contribution in [0, 0.1) is 0 Å². The average molecular weight is 486 g/mol. The van der Waals surface area contributed by atoms with E-state index >= 15 is 0 Å². The first kappa shape index (κ1) is 19.9. The lowest BCUT2D eigenvalue weighted by atomic mass is 10.1. The van der Waals surface area contributed by atoms with Crippen LogP contribution in [-0.2, 0) is 4.79 Å². The second-order valence-electron chi connectivity index (χ2n) is 5.99. The van der Waals surface area contributed by atoms with E-state index in [9.17, 15) is 9.59 Å². The molecular weight excluding hydrogens is 467 g/mol. The molecule has 0 heterocycles. The molecule has 0 aliphatic rings. The van der Waals surface area contributed by atoms with Crippen LogP contribution in [0.3, 0.4) is 0 Å². The van der Waals surface area contributed by atoms with Gasteiger partial charge in [0.2, 0.25) is 5.91 Å². The summed E-state index contributed by atoms with van der Waals surface area (Å²) in [5.74, 6) is 0.0787. The average Bonchev–Trinajstić information content (AvgIpc) is 2.74. The summed E-state index contributed by atoms with van der Waals surface area (Å²) in [5.41, 5.74) is 3.78. The number of ether oxygens (including phenoxy) is 1. The van der Waals surface area contributed by atoms with Gasteiger partial charge in [0, 0.05) is 11.3 Å². The van der Waals surface area contributed by atoms with Crippen LogP contribution < -0.4 is 15.4 Å². The van der Waals surface area contributed by atoms with Crippen molar-refractivity contribution in [2.45, 2.75) is 0 Å². The second kappa shape index (κ2) is 9.36. The third-order valence-electron chi connectivity index (χ3n) is 4.11. The summed E-state index contributed by atoms with van der Waals surface area (Å²) in [6.07, 6.45) is 0. The molecule has 3 aromatic carbocycles. The molecule has 0 atom stereocenters. The highest BCUT2D eigenvalue weighted by Crippen LogP contribution is 2.26. The minimum atomic E-state index is -0.264. The van der Waals surface area contributed by atoms with Gasteiger partial charge in [0.15, 0.2) is 0 Å². The zero-order valence-electron chi connectivity index (χ0n) is 15.2. The Morgan fingerprint density at radius 3 is 2.21 bits per heavy atom. The molecule has 3 aromatic rings. The summed E-state index contributed by atoms with van der Waals surface area (Å²) in [7, 11) is 1.52. The van der Waals surface area contributed by atoms with Crippen LogP contribution in [-0.4, -0.2) is 23.4 Å². The molecular formula is C22H19IN2O3. The standard InChI is InChI=1S/C22H19IN2O3/c1-28-20-12-9-17(13-19(20)25-21(26)14-23)22(27)24-18-10-7-16(8-11-18)15-5-3-2-4-6-15/h2-13H,14H2,1H3,(H,24,27)(H,25,26). The molecule has 0 radical (unpaired) electrons. The van der Waals surface area contributed by atoms with E-state index in [0.717, 1.165) is 11.1 Å². The zero-order chi connectivity index (χ0) is 19.9. The number of methoxy groups -OCH3 is 1. The number of amides is 2. The molecule has 0 spiro atoms. The first-order valence-corrected chi connectivity index (χ1v) is 10.1. The van der Waals surface area contributed by atoms with Gasteiger partial charge in [-0.3, -0.25) is 9.59 Å². The Morgan fingerprint density at radius 1 is 0.893 bits per heavy atom. The third kappa shape index (κ3) is 4.89. The van der Waals surface area contributed by atoms with Crippen molar-refractivity contribution >= 4 is 45.8 Å². The van der Waals surface area contributed by atoms with Gasteiger partial charge in [-0.15, -0.1) is 0 Å². The number of alkyl halides is 1. The van der Waals surface area contributed by atoms with E-state index in [0.29, 0.717) is 27.1 Å². The number of rotatable bonds is 6. The lowest BCUT2D eigenvalue weighted by Gasteiger charge is -2.12. The Bertz CT molecular complexity index is 973. The monoisotopic (exact) mass is 486 g/mol. The van der Waals surface area contributed by atoms with Crippen LogP contribution in [0.2, 0.25) is 0 Å². The maximum absolute atomic E-state index is 12.6. The number of carbonyl (C=O) groups excluding carboxylic acids is 2. The first-order chi connectivity index (χ1) is 13.6. The number of nitrogens with one attached hydrogen (secondary N) is 2. The van der Waals surface area contributed by atoms with E-state index in [4.69, 9.17) is 4.74 Å². The fourth-order valence-corrected chi connectivity index (χ4v) is 2.90. The van der Waals surface area contributed by atoms with Crippen molar-refractivity contribution in [1.82, 2.24) is 0 Å². The molecule has 2 N–H and O–H groups in total. The zero-order valence-corrected chi connectivity index (χ0v) is 17.4. The summed E-state index contributed by atoms with van der Waals surface area (Å²) >= 11 is 1.98. The fourth-order valence-electron chi connectivity index (χ4n) is 2.71. The Labute approximate surface area is 177 Å². The maximum Gasteiger partial charge on any atom is 0.255 e. The van der Waals surface area contributed by atoms with Crippen molar-refractivity contribution in [3.63, 3.8) is 0 Å². The predicted octanol–water partition coefficient (Wildman–Crippen LogP) is 4.99. The fraction of sp³-hybridized carbons (Fsp3) is 0.0909. The lowest BCUT2D eigenvalue weighted by molar-refractivity contribution is -0.113. The molecule has 0 fully saturated rings. The van der Waals surface area contributed by atoms with Crippen LogP contribution in [0.15, 0.2) is 72.8 Å². The van der Waals surface area contributed by atoms with Crippen LogP contribution in [0.5, 0.6) is 5.75 Å². The summed E-state index contributed by atoms with van der Waals surface area (Å²) < 4.78 is 5.56. The van der Waals surface area contributed by atoms with Crippen LogP contribution in [0.4, 0.5) is 11.4 Å². The molecule has 0 unspecified atom stereocenters. The predicted molar refractivity (Wildman–Crippen MR) is 120 cm³/mol. The Morgan fingerprint density at radius 2 is 1.57 bits per heavy atom. The molecule has 5 nitrogen and oxygen atoms in total. The summed E-state index contributed by atoms with van der Waals surface area (Å²) in [5, 5.41) is 5.62. The normalized spacial score (nSPS) is 10.2. The third-order valence-corrected chi connectivity index (χ3v) is 4.80. The largest absolute Gasteiger partial charge is 0.495 e. The Hall–Kier alpha value is -2.87. The minimum absolute atomic E-state index is 0.159. The lowest BCUT2D eigenvalue weighted by Crippen LogP contribution is -2.15. The van der Waals surface area contributed by atoms with Gasteiger partial charge in [-0.1, -0.05) is 65.1 Å². The van der Waals surface area contributed by atoms with Gasteiger partial charge in [0.1, 0.15) is 5.75 Å². The van der Waals surface area contributed by atoms with Gasteiger partial charge < -0.3 is 15.4 Å². The van der Waals surface area contributed by atoms with Gasteiger partial charge >= 0.3 is 0 Å². The molecule has 0 aliphatic carbocycles. The van der Waals surface area contributed by atoms with Crippen molar-refractivity contribution in [1.29, 1.82) is 0 Å². The molecule has 0 saturated carbocycles. The van der Waals surface area contributed by atoms with E-state index in [-0.39, 0.29) is 11.8 Å². The molecule has 0 bridgehead atoms. The van der Waals surface area contributed by atoms with Crippen LogP contribution in [0.25, 0.3) is 11.1 Å². The number of carbonyl (C=O) groups is 2. The Kier molecular flexibility index (Phi) is 6.65. The maximum atomic E-state index is 12.6. The van der Waals surface area contributed by atoms with Gasteiger partial charge in [-0.2, -0.15) is 0 Å². The highest BCUT2D eigenvalue weighted by Gasteiger charge is 2.12. The molecule has 3 rings (SSSR count). The van der Waals surface area contributed by atoms with E-state index in [2.05, 4.69) is 10.6 Å². The van der Waals surface area contributed by atoms with E-state index in [1.165, 1.54) is 7.11 Å². The number of hydrogen-bond donors (Lipinski definition) is 2. The van der Waals surface area contributed by atoms with Gasteiger partial charge in [0.05, 0.1) is 17.2 Å². The molecule has 2 amide bonds.